The predicted molar refractivity (Wildman–Crippen MR) is 70.5 cm³/mol. The normalized spacial score (nSPS) is 16.1. The topological polar surface area (TPSA) is 24.9 Å². The molecule has 2 nitrogen and oxygen atoms in total. The Kier molecular flexibility index (Phi) is 6.60. The Morgan fingerprint density at radius 2 is 2.13 bits per heavy atom. The number of thioether (sulfide) groups is 1. The van der Waals surface area contributed by atoms with Gasteiger partial charge in [-0.2, -0.15) is 0 Å². The van der Waals surface area contributed by atoms with Crippen LogP contribution in [0.15, 0.2) is 29.4 Å². The van der Waals surface area contributed by atoms with Crippen molar-refractivity contribution in [1.29, 1.82) is 0 Å². The van der Waals surface area contributed by atoms with Crippen LogP contribution in [0.4, 0.5) is 0 Å². The van der Waals surface area contributed by atoms with Gasteiger partial charge in [0.1, 0.15) is 0 Å². The largest absolute Gasteiger partial charge is 0.313 e. The second-order valence-electron chi connectivity index (χ2n) is 3.49. The molecule has 0 atom stereocenters. The first-order chi connectivity index (χ1) is 6.35. The Balaban J connectivity index is 0.000000980. The fourth-order valence-electron chi connectivity index (χ4n) is 1.26. The zero-order chi connectivity index (χ0) is 9.15. The minimum atomic E-state index is 0. The average molecular weight is 267 g/mol. The molecular weight excluding hydrogens is 251 g/mol. The van der Waals surface area contributed by atoms with E-state index < -0.39 is 0 Å². The van der Waals surface area contributed by atoms with Gasteiger partial charge in [0.05, 0.1) is 5.03 Å². The quantitative estimate of drug-likeness (QED) is 0.849. The van der Waals surface area contributed by atoms with E-state index in [1.54, 1.807) is 0 Å². The summed E-state index contributed by atoms with van der Waals surface area (Å²) in [6, 6.07) is 6.06. The van der Waals surface area contributed by atoms with Crippen LogP contribution in [0.3, 0.4) is 0 Å². The fourth-order valence-corrected chi connectivity index (χ4v) is 2.43. The molecule has 0 bridgehead atoms. The molecule has 1 heterocycles. The van der Waals surface area contributed by atoms with Crippen LogP contribution in [0.1, 0.15) is 12.8 Å². The van der Waals surface area contributed by atoms with Crippen molar-refractivity contribution in [3.05, 3.63) is 24.4 Å². The van der Waals surface area contributed by atoms with Crippen molar-refractivity contribution >= 4 is 36.6 Å². The van der Waals surface area contributed by atoms with Crippen molar-refractivity contribution in [2.75, 3.05) is 12.8 Å². The summed E-state index contributed by atoms with van der Waals surface area (Å²) in [6.07, 6.45) is 4.47. The molecule has 0 aromatic carbocycles. The van der Waals surface area contributed by atoms with Crippen LogP contribution in [0.2, 0.25) is 0 Å². The summed E-state index contributed by atoms with van der Waals surface area (Å²) < 4.78 is 0. The Morgan fingerprint density at radius 3 is 2.60 bits per heavy atom. The molecule has 1 fully saturated rings. The van der Waals surface area contributed by atoms with Gasteiger partial charge >= 0.3 is 0 Å². The van der Waals surface area contributed by atoms with E-state index in [0.717, 1.165) is 10.8 Å². The summed E-state index contributed by atoms with van der Waals surface area (Å²) in [5.41, 5.74) is 0.419. The third kappa shape index (κ3) is 4.19. The monoisotopic (exact) mass is 266 g/mol. The number of hydrogen-bond donors (Lipinski definition) is 1. The highest BCUT2D eigenvalue weighted by molar-refractivity contribution is 7.99. The van der Waals surface area contributed by atoms with Crippen LogP contribution < -0.4 is 5.32 Å². The average Bonchev–Trinajstić information content (AvgIpc) is 2.97. The molecule has 1 N–H and O–H groups in total. The molecule has 0 unspecified atom stereocenters. The molecule has 0 radical (unpaired) electrons. The Labute approximate surface area is 107 Å². The lowest BCUT2D eigenvalue weighted by molar-refractivity contribution is 0.616. The second-order valence-corrected chi connectivity index (χ2v) is 4.48. The van der Waals surface area contributed by atoms with Crippen molar-refractivity contribution < 1.29 is 0 Å². The molecule has 1 aliphatic rings. The maximum atomic E-state index is 4.28. The first-order valence-corrected chi connectivity index (χ1v) is 5.56. The van der Waals surface area contributed by atoms with E-state index in [9.17, 15) is 0 Å². The zero-order valence-corrected chi connectivity index (χ0v) is 11.1. The van der Waals surface area contributed by atoms with Gasteiger partial charge in [-0.05, 0) is 32.0 Å². The van der Waals surface area contributed by atoms with Crippen LogP contribution >= 0.6 is 36.6 Å². The highest BCUT2D eigenvalue weighted by Crippen LogP contribution is 2.39. The van der Waals surface area contributed by atoms with Gasteiger partial charge in [-0.25, -0.2) is 4.98 Å². The van der Waals surface area contributed by atoms with Gasteiger partial charge in [0, 0.05) is 17.5 Å². The number of aromatic nitrogens is 1. The van der Waals surface area contributed by atoms with Crippen LogP contribution in [0, 0.1) is 0 Å². The number of halogens is 2. The molecule has 0 amide bonds. The van der Waals surface area contributed by atoms with Gasteiger partial charge in [0.2, 0.25) is 0 Å². The van der Waals surface area contributed by atoms with Gasteiger partial charge in [0.25, 0.3) is 0 Å². The van der Waals surface area contributed by atoms with E-state index in [-0.39, 0.29) is 24.8 Å². The van der Waals surface area contributed by atoms with E-state index >= 15 is 0 Å². The first-order valence-electron chi connectivity index (χ1n) is 4.57. The number of hydrogen-bond acceptors (Lipinski definition) is 3. The van der Waals surface area contributed by atoms with Crippen molar-refractivity contribution in [2.24, 2.45) is 0 Å². The van der Waals surface area contributed by atoms with E-state index in [1.807, 2.05) is 37.1 Å². The Bertz CT molecular complexity index is 278. The fraction of sp³-hybridized carbons (Fsp3) is 0.500. The lowest BCUT2D eigenvalue weighted by Crippen LogP contribution is -2.29. The molecular formula is C10H16Cl2N2S. The highest BCUT2D eigenvalue weighted by atomic mass is 35.5. The first kappa shape index (κ1) is 15.0. The molecule has 86 valence electrons. The standard InChI is InChI=1S/C10H14N2S.2ClH/c1-11-10(5-6-10)8-13-9-4-2-3-7-12-9;;/h2-4,7,11H,5-6,8H2,1H3;2*1H. The van der Waals surface area contributed by atoms with E-state index in [4.69, 9.17) is 0 Å². The maximum absolute atomic E-state index is 4.28. The van der Waals surface area contributed by atoms with Crippen LogP contribution in [-0.4, -0.2) is 23.3 Å². The van der Waals surface area contributed by atoms with Crippen LogP contribution in [-0.2, 0) is 0 Å². The molecule has 1 saturated carbocycles. The minimum absolute atomic E-state index is 0. The summed E-state index contributed by atoms with van der Waals surface area (Å²) in [4.78, 5) is 4.28. The summed E-state index contributed by atoms with van der Waals surface area (Å²) in [5.74, 6) is 1.14. The van der Waals surface area contributed by atoms with Crippen molar-refractivity contribution in [2.45, 2.75) is 23.4 Å². The molecule has 0 saturated heterocycles. The number of nitrogens with zero attached hydrogens (tertiary/aromatic N) is 1. The molecule has 1 aromatic rings. The number of rotatable bonds is 4. The van der Waals surface area contributed by atoms with Crippen LogP contribution in [0.25, 0.3) is 0 Å². The summed E-state index contributed by atoms with van der Waals surface area (Å²) in [7, 11) is 2.05. The zero-order valence-electron chi connectivity index (χ0n) is 8.60. The smallest absolute Gasteiger partial charge is 0.0960 e. The predicted octanol–water partition coefficient (Wildman–Crippen LogP) is 2.77. The highest BCUT2D eigenvalue weighted by Gasteiger charge is 2.40. The third-order valence-electron chi connectivity index (χ3n) is 2.52. The lowest BCUT2D eigenvalue weighted by atomic mass is 10.3. The Morgan fingerprint density at radius 1 is 1.40 bits per heavy atom. The summed E-state index contributed by atoms with van der Waals surface area (Å²) in [5, 5.41) is 4.50. The van der Waals surface area contributed by atoms with Gasteiger partial charge in [0.15, 0.2) is 0 Å². The SMILES string of the molecule is CNC1(CSc2ccccn2)CC1.Cl.Cl. The molecule has 2 rings (SSSR count). The molecule has 0 aliphatic heterocycles. The molecule has 1 aromatic heterocycles. The van der Waals surface area contributed by atoms with Gasteiger partial charge in [-0.1, -0.05) is 6.07 Å². The second kappa shape index (κ2) is 6.59. The van der Waals surface area contributed by atoms with E-state index in [1.165, 1.54) is 12.8 Å². The molecule has 5 heteroatoms. The molecule has 1 aliphatic carbocycles. The van der Waals surface area contributed by atoms with Gasteiger partial charge in [-0.3, -0.25) is 0 Å². The Hall–Kier alpha value is 0.0400. The minimum Gasteiger partial charge on any atom is -0.313 e. The molecule has 15 heavy (non-hydrogen) atoms. The van der Waals surface area contributed by atoms with Crippen molar-refractivity contribution in [1.82, 2.24) is 10.3 Å². The third-order valence-corrected chi connectivity index (χ3v) is 3.75. The summed E-state index contributed by atoms with van der Waals surface area (Å²) in [6.45, 7) is 0. The number of nitrogens with one attached hydrogen (secondary N) is 1. The molecule has 0 spiro atoms. The number of pyridine rings is 1. The maximum Gasteiger partial charge on any atom is 0.0960 e. The summed E-state index contributed by atoms with van der Waals surface area (Å²) >= 11 is 1.84. The van der Waals surface area contributed by atoms with E-state index in [2.05, 4.69) is 16.4 Å². The van der Waals surface area contributed by atoms with Gasteiger partial charge in [-0.15, -0.1) is 36.6 Å². The lowest BCUT2D eigenvalue weighted by Gasteiger charge is -2.12. The van der Waals surface area contributed by atoms with Crippen molar-refractivity contribution in [3.8, 4) is 0 Å². The van der Waals surface area contributed by atoms with Crippen molar-refractivity contribution in [3.63, 3.8) is 0 Å². The van der Waals surface area contributed by atoms with E-state index in [0.29, 0.717) is 5.54 Å². The van der Waals surface area contributed by atoms with Crippen LogP contribution in [0.5, 0.6) is 0 Å². The van der Waals surface area contributed by atoms with Gasteiger partial charge < -0.3 is 5.32 Å².